The largest absolute Gasteiger partial charge is 0.345 e. The van der Waals surface area contributed by atoms with Crippen molar-refractivity contribution in [2.24, 2.45) is 0 Å². The summed E-state index contributed by atoms with van der Waals surface area (Å²) in [5.74, 6) is -0.397. The minimum Gasteiger partial charge on any atom is -0.345 e. The molecule has 0 N–H and O–H groups in total. The quantitative estimate of drug-likeness (QED) is 0.716. The molecule has 1 aliphatic rings. The van der Waals surface area contributed by atoms with Crippen LogP contribution >= 0.6 is 0 Å². The standard InChI is InChI=1S/C19H22O2/c1-3-9-17(10-4-1)15-20-19(13-7-8-14-19)21-16-18-11-5-2-6-12-18/h1-6,9-12H,7-8,13-16H2. The van der Waals surface area contributed by atoms with Gasteiger partial charge in [0.05, 0.1) is 13.2 Å². The molecule has 0 amide bonds. The van der Waals surface area contributed by atoms with Gasteiger partial charge < -0.3 is 9.47 Å². The monoisotopic (exact) mass is 282 g/mol. The Morgan fingerprint density at radius 3 is 1.52 bits per heavy atom. The fourth-order valence-corrected chi connectivity index (χ4v) is 2.82. The lowest BCUT2D eigenvalue weighted by molar-refractivity contribution is -0.245. The molecule has 0 aliphatic heterocycles. The summed E-state index contributed by atoms with van der Waals surface area (Å²) in [5, 5.41) is 0. The van der Waals surface area contributed by atoms with E-state index in [1.807, 2.05) is 36.4 Å². The van der Waals surface area contributed by atoms with E-state index < -0.39 is 5.79 Å². The molecule has 2 aromatic rings. The van der Waals surface area contributed by atoms with Crippen LogP contribution in [0.1, 0.15) is 36.8 Å². The second-order valence-electron chi connectivity index (χ2n) is 5.67. The van der Waals surface area contributed by atoms with Gasteiger partial charge in [-0.3, -0.25) is 0 Å². The van der Waals surface area contributed by atoms with Crippen molar-refractivity contribution in [3.8, 4) is 0 Å². The third-order valence-electron chi connectivity index (χ3n) is 4.05. The highest BCUT2D eigenvalue weighted by Crippen LogP contribution is 2.35. The van der Waals surface area contributed by atoms with Crippen LogP contribution in [0.3, 0.4) is 0 Å². The molecular formula is C19H22O2. The van der Waals surface area contributed by atoms with Crippen molar-refractivity contribution in [3.05, 3.63) is 71.8 Å². The van der Waals surface area contributed by atoms with E-state index in [9.17, 15) is 0 Å². The number of rotatable bonds is 6. The lowest BCUT2D eigenvalue weighted by atomic mass is 10.2. The molecule has 2 aromatic carbocycles. The highest BCUT2D eigenvalue weighted by molar-refractivity contribution is 5.14. The van der Waals surface area contributed by atoms with Crippen molar-refractivity contribution >= 4 is 0 Å². The third kappa shape index (κ3) is 3.93. The molecule has 110 valence electrons. The first kappa shape index (κ1) is 14.3. The molecule has 2 heteroatoms. The van der Waals surface area contributed by atoms with E-state index in [1.165, 1.54) is 24.0 Å². The summed E-state index contributed by atoms with van der Waals surface area (Å²) < 4.78 is 12.4. The summed E-state index contributed by atoms with van der Waals surface area (Å²) in [7, 11) is 0. The molecule has 0 radical (unpaired) electrons. The smallest absolute Gasteiger partial charge is 0.169 e. The fourth-order valence-electron chi connectivity index (χ4n) is 2.82. The number of ether oxygens (including phenoxy) is 2. The Hall–Kier alpha value is -1.64. The lowest BCUT2D eigenvalue weighted by Crippen LogP contribution is -2.32. The van der Waals surface area contributed by atoms with Crippen molar-refractivity contribution in [1.29, 1.82) is 0 Å². The van der Waals surface area contributed by atoms with Gasteiger partial charge >= 0.3 is 0 Å². The van der Waals surface area contributed by atoms with Crippen LogP contribution in [0.25, 0.3) is 0 Å². The Bertz CT molecular complexity index is 485. The van der Waals surface area contributed by atoms with Crippen molar-refractivity contribution in [2.45, 2.75) is 44.7 Å². The van der Waals surface area contributed by atoms with E-state index in [-0.39, 0.29) is 0 Å². The molecule has 2 nitrogen and oxygen atoms in total. The highest BCUT2D eigenvalue weighted by Gasteiger charge is 2.35. The summed E-state index contributed by atoms with van der Waals surface area (Å²) in [5.41, 5.74) is 2.40. The van der Waals surface area contributed by atoms with Gasteiger partial charge in [0, 0.05) is 12.8 Å². The Morgan fingerprint density at radius 2 is 1.10 bits per heavy atom. The lowest BCUT2D eigenvalue weighted by Gasteiger charge is -2.29. The fraction of sp³-hybridized carbons (Fsp3) is 0.368. The molecule has 1 saturated carbocycles. The Morgan fingerprint density at radius 1 is 0.667 bits per heavy atom. The van der Waals surface area contributed by atoms with Crippen molar-refractivity contribution in [2.75, 3.05) is 0 Å². The molecular weight excluding hydrogens is 260 g/mol. The summed E-state index contributed by atoms with van der Waals surface area (Å²) in [6.07, 6.45) is 4.35. The van der Waals surface area contributed by atoms with Gasteiger partial charge in [0.1, 0.15) is 0 Å². The van der Waals surface area contributed by atoms with Gasteiger partial charge in [-0.15, -0.1) is 0 Å². The van der Waals surface area contributed by atoms with Gasteiger partial charge in [-0.25, -0.2) is 0 Å². The second-order valence-corrected chi connectivity index (χ2v) is 5.67. The van der Waals surface area contributed by atoms with E-state index in [4.69, 9.17) is 9.47 Å². The Kier molecular flexibility index (Phi) is 4.69. The molecule has 0 heterocycles. The normalized spacial score (nSPS) is 17.0. The van der Waals surface area contributed by atoms with Crippen LogP contribution in [0.2, 0.25) is 0 Å². The average Bonchev–Trinajstić information content (AvgIpc) is 3.03. The van der Waals surface area contributed by atoms with E-state index in [0.29, 0.717) is 13.2 Å². The van der Waals surface area contributed by atoms with Gasteiger partial charge in [-0.05, 0) is 24.0 Å². The number of hydrogen-bond donors (Lipinski definition) is 0. The summed E-state index contributed by atoms with van der Waals surface area (Å²) >= 11 is 0. The SMILES string of the molecule is c1ccc(COC2(OCc3ccccc3)CCCC2)cc1. The van der Waals surface area contributed by atoms with Crippen LogP contribution in [0, 0.1) is 0 Å². The van der Waals surface area contributed by atoms with Gasteiger partial charge in [0.2, 0.25) is 0 Å². The number of hydrogen-bond acceptors (Lipinski definition) is 2. The van der Waals surface area contributed by atoms with E-state index in [2.05, 4.69) is 24.3 Å². The second kappa shape index (κ2) is 6.88. The van der Waals surface area contributed by atoms with Crippen LogP contribution in [-0.4, -0.2) is 5.79 Å². The first-order valence-corrected chi connectivity index (χ1v) is 7.72. The van der Waals surface area contributed by atoms with E-state index in [1.54, 1.807) is 0 Å². The van der Waals surface area contributed by atoms with Crippen LogP contribution in [0.5, 0.6) is 0 Å². The Balaban J connectivity index is 1.60. The summed E-state index contributed by atoms with van der Waals surface area (Å²) in [6, 6.07) is 20.6. The zero-order valence-electron chi connectivity index (χ0n) is 12.3. The zero-order valence-corrected chi connectivity index (χ0v) is 12.3. The molecule has 0 unspecified atom stereocenters. The van der Waals surface area contributed by atoms with Crippen LogP contribution in [0.15, 0.2) is 60.7 Å². The van der Waals surface area contributed by atoms with Gasteiger partial charge in [-0.1, -0.05) is 60.7 Å². The molecule has 0 aromatic heterocycles. The van der Waals surface area contributed by atoms with Gasteiger partial charge in [-0.2, -0.15) is 0 Å². The van der Waals surface area contributed by atoms with Crippen molar-refractivity contribution < 1.29 is 9.47 Å². The van der Waals surface area contributed by atoms with Crippen LogP contribution in [0.4, 0.5) is 0 Å². The maximum atomic E-state index is 6.18. The first-order chi connectivity index (χ1) is 10.4. The topological polar surface area (TPSA) is 18.5 Å². The van der Waals surface area contributed by atoms with Crippen LogP contribution in [-0.2, 0) is 22.7 Å². The maximum absolute atomic E-state index is 6.18. The minimum atomic E-state index is -0.397. The van der Waals surface area contributed by atoms with Crippen molar-refractivity contribution in [3.63, 3.8) is 0 Å². The van der Waals surface area contributed by atoms with Gasteiger partial charge in [0.25, 0.3) is 0 Å². The molecule has 0 saturated heterocycles. The zero-order chi connectivity index (χ0) is 14.4. The molecule has 21 heavy (non-hydrogen) atoms. The van der Waals surface area contributed by atoms with E-state index in [0.717, 1.165) is 12.8 Å². The molecule has 3 rings (SSSR count). The third-order valence-corrected chi connectivity index (χ3v) is 4.05. The van der Waals surface area contributed by atoms with Gasteiger partial charge in [0.15, 0.2) is 5.79 Å². The predicted molar refractivity (Wildman–Crippen MR) is 83.7 cm³/mol. The minimum absolute atomic E-state index is 0.397. The summed E-state index contributed by atoms with van der Waals surface area (Å²) in [4.78, 5) is 0. The Labute approximate surface area is 126 Å². The average molecular weight is 282 g/mol. The first-order valence-electron chi connectivity index (χ1n) is 7.72. The molecule has 0 atom stereocenters. The number of benzene rings is 2. The van der Waals surface area contributed by atoms with E-state index >= 15 is 0 Å². The predicted octanol–water partition coefficient (Wildman–Crippen LogP) is 4.69. The van der Waals surface area contributed by atoms with Crippen LogP contribution < -0.4 is 0 Å². The summed E-state index contributed by atoms with van der Waals surface area (Å²) in [6.45, 7) is 1.24. The molecule has 1 fully saturated rings. The molecule has 0 spiro atoms. The maximum Gasteiger partial charge on any atom is 0.169 e. The van der Waals surface area contributed by atoms with Crippen molar-refractivity contribution in [1.82, 2.24) is 0 Å². The highest BCUT2D eigenvalue weighted by atomic mass is 16.7. The molecule has 1 aliphatic carbocycles. The molecule has 0 bridgehead atoms.